The van der Waals surface area contributed by atoms with Crippen molar-refractivity contribution in [1.82, 2.24) is 4.90 Å². The van der Waals surface area contributed by atoms with Gasteiger partial charge in [0, 0.05) is 30.3 Å². The molecule has 150 valence electrons. The Morgan fingerprint density at radius 1 is 0.897 bits per heavy atom. The second-order valence-corrected chi connectivity index (χ2v) is 8.60. The molecular weight excluding hydrogens is 360 g/mol. The molecule has 2 amide bonds. The van der Waals surface area contributed by atoms with E-state index in [0.717, 1.165) is 62.7 Å². The second-order valence-electron chi connectivity index (χ2n) is 8.60. The summed E-state index contributed by atoms with van der Waals surface area (Å²) >= 11 is 0. The Bertz CT molecular complexity index is 917. The van der Waals surface area contributed by atoms with Gasteiger partial charge in [0.05, 0.1) is 6.04 Å². The van der Waals surface area contributed by atoms with E-state index < -0.39 is 0 Å². The summed E-state index contributed by atoms with van der Waals surface area (Å²) < 4.78 is 0. The fourth-order valence-corrected chi connectivity index (χ4v) is 4.94. The van der Waals surface area contributed by atoms with E-state index in [9.17, 15) is 9.59 Å². The summed E-state index contributed by atoms with van der Waals surface area (Å²) in [6.45, 7) is 0.777. The van der Waals surface area contributed by atoms with Crippen LogP contribution in [0.15, 0.2) is 48.5 Å². The van der Waals surface area contributed by atoms with E-state index in [2.05, 4.69) is 29.2 Å². The summed E-state index contributed by atoms with van der Waals surface area (Å²) in [5, 5.41) is 0. The van der Waals surface area contributed by atoms with E-state index in [1.165, 1.54) is 11.1 Å². The first kappa shape index (κ1) is 18.4. The molecule has 0 spiro atoms. The normalized spacial score (nSPS) is 21.6. The Labute approximate surface area is 172 Å². The molecule has 0 bridgehead atoms. The van der Waals surface area contributed by atoms with Gasteiger partial charge in [-0.1, -0.05) is 24.3 Å². The van der Waals surface area contributed by atoms with Crippen LogP contribution in [0.5, 0.6) is 0 Å². The molecule has 4 nitrogen and oxygen atoms in total. The Kier molecular flexibility index (Phi) is 4.86. The molecule has 1 saturated carbocycles. The van der Waals surface area contributed by atoms with Crippen molar-refractivity contribution in [3.63, 3.8) is 0 Å². The molecule has 1 unspecified atom stereocenters. The number of carbonyl (C=O) groups is 2. The first-order valence-electron chi connectivity index (χ1n) is 11.0. The molecule has 3 aliphatic rings. The summed E-state index contributed by atoms with van der Waals surface area (Å²) in [6.07, 6.45) is 8.13. The largest absolute Gasteiger partial charge is 0.329 e. The molecule has 29 heavy (non-hydrogen) atoms. The van der Waals surface area contributed by atoms with Gasteiger partial charge in [-0.05, 0) is 80.3 Å². The van der Waals surface area contributed by atoms with Crippen LogP contribution in [-0.2, 0) is 11.2 Å². The minimum Gasteiger partial charge on any atom is -0.329 e. The highest BCUT2D eigenvalue weighted by Gasteiger charge is 2.39. The summed E-state index contributed by atoms with van der Waals surface area (Å²) in [4.78, 5) is 29.7. The van der Waals surface area contributed by atoms with Crippen LogP contribution in [0, 0.1) is 0 Å². The van der Waals surface area contributed by atoms with Crippen LogP contribution < -0.4 is 4.90 Å². The molecular formula is C25H28N2O2. The van der Waals surface area contributed by atoms with Crippen LogP contribution in [0.2, 0.25) is 0 Å². The minimum atomic E-state index is 0.130. The zero-order chi connectivity index (χ0) is 19.8. The number of fused-ring (bicyclic) bond motifs is 1. The Morgan fingerprint density at radius 3 is 2.45 bits per heavy atom. The molecule has 2 aromatic carbocycles. The average molecular weight is 389 g/mol. The third-order valence-corrected chi connectivity index (χ3v) is 6.60. The topological polar surface area (TPSA) is 40.6 Å². The third kappa shape index (κ3) is 3.57. The first-order valence-corrected chi connectivity index (χ1v) is 11.0. The lowest BCUT2D eigenvalue weighted by Crippen LogP contribution is -2.38. The summed E-state index contributed by atoms with van der Waals surface area (Å²) in [5.74, 6) is 0.319. The number of aryl methyl sites for hydroxylation is 1. The fourth-order valence-electron chi connectivity index (χ4n) is 4.94. The number of benzene rings is 2. The highest BCUT2D eigenvalue weighted by Crippen LogP contribution is 2.41. The third-order valence-electron chi connectivity index (χ3n) is 6.60. The smallest absolute Gasteiger partial charge is 0.254 e. The molecule has 2 aromatic rings. The van der Waals surface area contributed by atoms with Crippen molar-refractivity contribution in [3.8, 4) is 0 Å². The maximum atomic E-state index is 13.5. The van der Waals surface area contributed by atoms with Crippen LogP contribution >= 0.6 is 0 Å². The van der Waals surface area contributed by atoms with Crippen LogP contribution in [0.4, 0.5) is 5.69 Å². The van der Waals surface area contributed by atoms with Crippen molar-refractivity contribution in [2.24, 2.45) is 0 Å². The lowest BCUT2D eigenvalue weighted by Gasteiger charge is -2.36. The van der Waals surface area contributed by atoms with Gasteiger partial charge in [-0.15, -0.1) is 0 Å². The van der Waals surface area contributed by atoms with Crippen LogP contribution in [0.1, 0.15) is 72.5 Å². The molecule has 2 aliphatic carbocycles. The van der Waals surface area contributed by atoms with Crippen molar-refractivity contribution in [2.75, 3.05) is 11.4 Å². The van der Waals surface area contributed by atoms with Gasteiger partial charge in [-0.25, -0.2) is 0 Å². The number of anilines is 1. The summed E-state index contributed by atoms with van der Waals surface area (Å²) in [6, 6.07) is 16.8. The van der Waals surface area contributed by atoms with Gasteiger partial charge >= 0.3 is 0 Å². The molecule has 1 heterocycles. The standard InChI is InChI=1S/C25H28N2O2/c28-24-10-3-4-17-26(24)20-13-11-19(12-14-20)25(29)27(21-15-16-21)23-9-5-7-18-6-1-2-8-22(18)23/h1-2,6,8,11-14,21,23H,3-5,7,9-10,15-17H2. The molecule has 0 aromatic heterocycles. The highest BCUT2D eigenvalue weighted by molar-refractivity contribution is 5.97. The van der Waals surface area contributed by atoms with Gasteiger partial charge in [-0.2, -0.15) is 0 Å². The number of hydrogen-bond donors (Lipinski definition) is 0. The molecule has 0 radical (unpaired) electrons. The van der Waals surface area contributed by atoms with Gasteiger partial charge < -0.3 is 9.80 Å². The zero-order valence-corrected chi connectivity index (χ0v) is 16.8. The van der Waals surface area contributed by atoms with E-state index >= 15 is 0 Å². The van der Waals surface area contributed by atoms with Gasteiger partial charge in [0.2, 0.25) is 5.91 Å². The minimum absolute atomic E-state index is 0.130. The predicted molar refractivity (Wildman–Crippen MR) is 114 cm³/mol. The molecule has 4 heteroatoms. The number of piperidine rings is 1. The number of amides is 2. The lowest BCUT2D eigenvalue weighted by atomic mass is 9.86. The first-order chi connectivity index (χ1) is 14.2. The van der Waals surface area contributed by atoms with Crippen molar-refractivity contribution in [2.45, 2.75) is 63.5 Å². The van der Waals surface area contributed by atoms with Crippen LogP contribution in [-0.4, -0.2) is 29.3 Å². The molecule has 1 aliphatic heterocycles. The SMILES string of the molecule is O=C1CCCCN1c1ccc(C(=O)N(C2CC2)C2CCCc3ccccc32)cc1. The van der Waals surface area contributed by atoms with E-state index in [1.807, 2.05) is 29.2 Å². The summed E-state index contributed by atoms with van der Waals surface area (Å²) in [5.41, 5.74) is 4.36. The van der Waals surface area contributed by atoms with Crippen molar-refractivity contribution >= 4 is 17.5 Å². The molecule has 2 fully saturated rings. The monoisotopic (exact) mass is 388 g/mol. The van der Waals surface area contributed by atoms with Gasteiger partial charge in [0.25, 0.3) is 5.91 Å². The molecule has 1 atom stereocenters. The lowest BCUT2D eigenvalue weighted by molar-refractivity contribution is -0.119. The molecule has 5 rings (SSSR count). The predicted octanol–water partition coefficient (Wildman–Crippen LogP) is 4.89. The Morgan fingerprint density at radius 2 is 1.69 bits per heavy atom. The highest BCUT2D eigenvalue weighted by atomic mass is 16.2. The van der Waals surface area contributed by atoms with E-state index in [1.54, 1.807) is 0 Å². The van der Waals surface area contributed by atoms with E-state index in [4.69, 9.17) is 0 Å². The van der Waals surface area contributed by atoms with Crippen molar-refractivity contribution in [1.29, 1.82) is 0 Å². The Balaban J connectivity index is 1.40. The van der Waals surface area contributed by atoms with Gasteiger partial charge in [0.1, 0.15) is 0 Å². The Hall–Kier alpha value is -2.62. The number of rotatable bonds is 4. The molecule has 1 saturated heterocycles. The maximum absolute atomic E-state index is 13.5. The van der Waals surface area contributed by atoms with Gasteiger partial charge in [0.15, 0.2) is 0 Å². The van der Waals surface area contributed by atoms with E-state index in [0.29, 0.717) is 12.5 Å². The maximum Gasteiger partial charge on any atom is 0.254 e. The fraction of sp³-hybridized carbons (Fsp3) is 0.440. The van der Waals surface area contributed by atoms with Crippen LogP contribution in [0.25, 0.3) is 0 Å². The van der Waals surface area contributed by atoms with E-state index in [-0.39, 0.29) is 17.9 Å². The molecule has 0 N–H and O–H groups in total. The van der Waals surface area contributed by atoms with Gasteiger partial charge in [-0.3, -0.25) is 9.59 Å². The van der Waals surface area contributed by atoms with Crippen molar-refractivity contribution in [3.05, 3.63) is 65.2 Å². The number of nitrogens with zero attached hydrogens (tertiary/aromatic N) is 2. The average Bonchev–Trinajstić information content (AvgIpc) is 3.60. The van der Waals surface area contributed by atoms with Crippen LogP contribution in [0.3, 0.4) is 0 Å². The zero-order valence-electron chi connectivity index (χ0n) is 16.8. The number of hydrogen-bond acceptors (Lipinski definition) is 2. The van der Waals surface area contributed by atoms with Crippen molar-refractivity contribution < 1.29 is 9.59 Å². The summed E-state index contributed by atoms with van der Waals surface area (Å²) in [7, 11) is 0. The number of carbonyl (C=O) groups excluding carboxylic acids is 2. The quantitative estimate of drug-likeness (QED) is 0.748. The second kappa shape index (κ2) is 7.66.